The van der Waals surface area contributed by atoms with Gasteiger partial charge in [0.25, 0.3) is 5.91 Å². The zero-order valence-electron chi connectivity index (χ0n) is 17.9. The lowest BCUT2D eigenvalue weighted by atomic mass is 10.2. The second-order valence-corrected chi connectivity index (χ2v) is 7.00. The molecule has 0 aliphatic heterocycles. The number of hydrazone groups is 1. The molecule has 0 bridgehead atoms. The Kier molecular flexibility index (Phi) is 8.26. The van der Waals surface area contributed by atoms with Crippen LogP contribution in [-0.4, -0.2) is 38.9 Å². The van der Waals surface area contributed by atoms with E-state index in [-0.39, 0.29) is 12.4 Å². The lowest BCUT2D eigenvalue weighted by Crippen LogP contribution is -2.24. The molecule has 0 aliphatic rings. The van der Waals surface area contributed by atoms with Crippen LogP contribution in [0.15, 0.2) is 71.8 Å². The van der Waals surface area contributed by atoms with Crippen molar-refractivity contribution >= 4 is 29.7 Å². The predicted molar refractivity (Wildman–Crippen MR) is 124 cm³/mol. The van der Waals surface area contributed by atoms with E-state index in [0.717, 1.165) is 0 Å². The van der Waals surface area contributed by atoms with Crippen LogP contribution in [0, 0.1) is 0 Å². The molecule has 0 saturated carbocycles. The molecule has 1 amide bonds. The minimum atomic E-state index is -0.538. The standard InChI is InChI=1S/C24H21ClN2O6/c1-30-19-9-7-17(8-10-19)24(29)33-21-11-6-16(12-22(21)31-2)14-26-27-23(28)15-32-20-5-3-4-18(25)13-20/h3-14H,15H2,1-2H3,(H,27,28)/b26-14+. The smallest absolute Gasteiger partial charge is 0.343 e. The molecule has 8 nitrogen and oxygen atoms in total. The van der Waals surface area contributed by atoms with Gasteiger partial charge in [-0.3, -0.25) is 4.79 Å². The summed E-state index contributed by atoms with van der Waals surface area (Å²) in [5.74, 6) is 0.709. The van der Waals surface area contributed by atoms with E-state index in [1.165, 1.54) is 13.3 Å². The van der Waals surface area contributed by atoms with Crippen molar-refractivity contribution in [2.24, 2.45) is 5.10 Å². The number of hydrogen-bond donors (Lipinski definition) is 1. The van der Waals surface area contributed by atoms with Crippen molar-refractivity contribution in [1.29, 1.82) is 0 Å². The summed E-state index contributed by atoms with van der Waals surface area (Å²) in [5, 5.41) is 4.41. The second-order valence-electron chi connectivity index (χ2n) is 6.57. The normalized spacial score (nSPS) is 10.5. The van der Waals surface area contributed by atoms with Crippen LogP contribution in [-0.2, 0) is 4.79 Å². The van der Waals surface area contributed by atoms with Crippen molar-refractivity contribution in [3.63, 3.8) is 0 Å². The van der Waals surface area contributed by atoms with E-state index in [1.807, 2.05) is 0 Å². The molecule has 3 aromatic rings. The monoisotopic (exact) mass is 468 g/mol. The number of benzene rings is 3. The first kappa shape index (κ1) is 23.6. The number of rotatable bonds is 9. The van der Waals surface area contributed by atoms with Crippen molar-refractivity contribution in [1.82, 2.24) is 5.43 Å². The lowest BCUT2D eigenvalue weighted by molar-refractivity contribution is -0.123. The highest BCUT2D eigenvalue weighted by atomic mass is 35.5. The van der Waals surface area contributed by atoms with Crippen LogP contribution >= 0.6 is 11.6 Å². The molecule has 0 aliphatic carbocycles. The third kappa shape index (κ3) is 6.98. The highest BCUT2D eigenvalue weighted by Gasteiger charge is 2.13. The van der Waals surface area contributed by atoms with E-state index in [1.54, 1.807) is 73.8 Å². The highest BCUT2D eigenvalue weighted by Crippen LogP contribution is 2.28. The molecule has 0 unspecified atom stereocenters. The van der Waals surface area contributed by atoms with Crippen LogP contribution in [0.3, 0.4) is 0 Å². The van der Waals surface area contributed by atoms with Gasteiger partial charge in [0.2, 0.25) is 0 Å². The Balaban J connectivity index is 1.56. The maximum atomic E-state index is 12.4. The fourth-order valence-corrected chi connectivity index (χ4v) is 2.83. The van der Waals surface area contributed by atoms with Crippen molar-refractivity contribution in [3.05, 3.63) is 82.9 Å². The van der Waals surface area contributed by atoms with Crippen LogP contribution < -0.4 is 24.4 Å². The predicted octanol–water partition coefficient (Wildman–Crippen LogP) is 4.11. The Hall–Kier alpha value is -4.04. The molecule has 0 fully saturated rings. The Morgan fingerprint density at radius 3 is 2.42 bits per heavy atom. The molecule has 0 atom stereocenters. The number of hydrogen-bond acceptors (Lipinski definition) is 7. The first-order valence-electron chi connectivity index (χ1n) is 9.73. The maximum absolute atomic E-state index is 12.4. The molecule has 0 radical (unpaired) electrons. The number of nitrogens with one attached hydrogen (secondary N) is 1. The quantitative estimate of drug-likeness (QED) is 0.220. The molecule has 1 N–H and O–H groups in total. The first-order chi connectivity index (χ1) is 16.0. The van der Waals surface area contributed by atoms with E-state index >= 15 is 0 Å². The summed E-state index contributed by atoms with van der Waals surface area (Å²) in [6.45, 7) is -0.221. The maximum Gasteiger partial charge on any atom is 0.343 e. The van der Waals surface area contributed by atoms with E-state index in [0.29, 0.717) is 33.4 Å². The Morgan fingerprint density at radius 1 is 0.939 bits per heavy atom. The lowest BCUT2D eigenvalue weighted by Gasteiger charge is -2.10. The van der Waals surface area contributed by atoms with Crippen molar-refractivity contribution < 1.29 is 28.5 Å². The molecule has 0 saturated heterocycles. The highest BCUT2D eigenvalue weighted by molar-refractivity contribution is 6.30. The zero-order chi connectivity index (χ0) is 23.6. The minimum Gasteiger partial charge on any atom is -0.497 e. The molecular formula is C24H21ClN2O6. The van der Waals surface area contributed by atoms with Gasteiger partial charge >= 0.3 is 5.97 Å². The number of methoxy groups -OCH3 is 2. The summed E-state index contributed by atoms with van der Waals surface area (Å²) in [6, 6.07) is 18.1. The van der Waals surface area contributed by atoms with Crippen LogP contribution in [0.1, 0.15) is 15.9 Å². The molecule has 3 aromatic carbocycles. The van der Waals surface area contributed by atoms with Crippen LogP contribution in [0.25, 0.3) is 0 Å². The zero-order valence-corrected chi connectivity index (χ0v) is 18.7. The van der Waals surface area contributed by atoms with Gasteiger partial charge in [0.1, 0.15) is 11.5 Å². The van der Waals surface area contributed by atoms with Crippen molar-refractivity contribution in [2.75, 3.05) is 20.8 Å². The minimum absolute atomic E-state index is 0.221. The number of ether oxygens (including phenoxy) is 4. The summed E-state index contributed by atoms with van der Waals surface area (Å²) < 4.78 is 21.2. The number of esters is 1. The summed E-state index contributed by atoms with van der Waals surface area (Å²) in [6.07, 6.45) is 1.43. The fourth-order valence-electron chi connectivity index (χ4n) is 2.65. The van der Waals surface area contributed by atoms with Gasteiger partial charge in [-0.15, -0.1) is 0 Å². The van der Waals surface area contributed by atoms with Crippen molar-refractivity contribution in [3.8, 4) is 23.0 Å². The first-order valence-corrected chi connectivity index (χ1v) is 10.1. The Labute approximate surface area is 195 Å². The van der Waals surface area contributed by atoms with Gasteiger partial charge in [-0.1, -0.05) is 17.7 Å². The Bertz CT molecular complexity index is 1150. The van der Waals surface area contributed by atoms with E-state index in [9.17, 15) is 9.59 Å². The molecular weight excluding hydrogens is 448 g/mol. The average Bonchev–Trinajstić information content (AvgIpc) is 2.83. The van der Waals surface area contributed by atoms with Crippen LogP contribution in [0.5, 0.6) is 23.0 Å². The van der Waals surface area contributed by atoms with Gasteiger partial charge in [0, 0.05) is 5.02 Å². The van der Waals surface area contributed by atoms with Gasteiger partial charge in [0.15, 0.2) is 18.1 Å². The number of nitrogens with zero attached hydrogens (tertiary/aromatic N) is 1. The summed E-state index contributed by atoms with van der Waals surface area (Å²) >= 11 is 5.87. The number of carbonyl (C=O) groups is 2. The SMILES string of the molecule is COc1ccc(C(=O)Oc2ccc(/C=N/NC(=O)COc3cccc(Cl)c3)cc2OC)cc1. The van der Waals surface area contributed by atoms with Gasteiger partial charge < -0.3 is 18.9 Å². The van der Waals surface area contributed by atoms with E-state index in [2.05, 4.69) is 10.5 Å². The topological polar surface area (TPSA) is 95.5 Å². The van der Waals surface area contributed by atoms with Crippen molar-refractivity contribution in [2.45, 2.75) is 0 Å². The average molecular weight is 469 g/mol. The molecule has 33 heavy (non-hydrogen) atoms. The largest absolute Gasteiger partial charge is 0.497 e. The fraction of sp³-hybridized carbons (Fsp3) is 0.125. The van der Waals surface area contributed by atoms with Crippen LogP contribution in [0.2, 0.25) is 5.02 Å². The number of amides is 1. The van der Waals surface area contributed by atoms with Gasteiger partial charge in [0.05, 0.1) is 26.0 Å². The summed E-state index contributed by atoms with van der Waals surface area (Å²) in [4.78, 5) is 24.3. The van der Waals surface area contributed by atoms with Gasteiger partial charge in [-0.25, -0.2) is 10.2 Å². The summed E-state index contributed by atoms with van der Waals surface area (Å²) in [7, 11) is 3.00. The summed E-state index contributed by atoms with van der Waals surface area (Å²) in [5.41, 5.74) is 3.35. The third-order valence-corrected chi connectivity index (χ3v) is 4.52. The van der Waals surface area contributed by atoms with E-state index < -0.39 is 11.9 Å². The second kappa shape index (κ2) is 11.5. The van der Waals surface area contributed by atoms with Gasteiger partial charge in [-0.05, 0) is 66.2 Å². The van der Waals surface area contributed by atoms with Gasteiger partial charge in [-0.2, -0.15) is 5.10 Å². The third-order valence-electron chi connectivity index (χ3n) is 4.28. The van der Waals surface area contributed by atoms with Crippen LogP contribution in [0.4, 0.5) is 0 Å². The molecule has 0 aromatic heterocycles. The molecule has 0 spiro atoms. The number of carbonyl (C=O) groups excluding carboxylic acids is 2. The molecule has 0 heterocycles. The molecule has 9 heteroatoms. The number of halogens is 1. The molecule has 3 rings (SSSR count). The van der Waals surface area contributed by atoms with E-state index in [4.69, 9.17) is 30.5 Å². The Morgan fingerprint density at radius 2 is 1.73 bits per heavy atom. The molecule has 170 valence electrons.